The molecule has 24 N–H and O–H groups in total. The van der Waals surface area contributed by atoms with Crippen molar-refractivity contribution in [1.82, 2.24) is 9.80 Å². The predicted molar refractivity (Wildman–Crippen MR) is 205 cm³/mol. The maximum Gasteiger partial charge on any atom is 0.176 e. The predicted octanol–water partition coefficient (Wildman–Crippen LogP) is -10.6. The molecule has 2 saturated heterocycles. The van der Waals surface area contributed by atoms with E-state index in [1.807, 2.05) is 9.80 Å². The first-order chi connectivity index (χ1) is 27.3. The van der Waals surface area contributed by atoms with Crippen LogP contribution < -0.4 is 45.9 Å². The SMILES string of the molecule is CN(CCN(C)C[C@H](O)COC1[C@@H](O)[C@H](N)C[C@H](N)[C@H]1O[C@H]1O[C@H](CN)[C@@H](O)[C@H](O)[C@H]1N)C[C@H](O)COC1[C@@H](O[C@@H]2O[C@@H](CN)[C@H](O)[C@@H](O)[C@@H]2N)[C@H](N)C[C@H](N)[C@H]1O. The van der Waals surface area contributed by atoms with E-state index in [2.05, 4.69) is 0 Å². The van der Waals surface area contributed by atoms with Crippen molar-refractivity contribution in [3.8, 4) is 0 Å². The maximum atomic E-state index is 10.9. The van der Waals surface area contributed by atoms with Crippen LogP contribution in [-0.2, 0) is 28.4 Å². The van der Waals surface area contributed by atoms with Gasteiger partial charge in [0.2, 0.25) is 0 Å². The van der Waals surface area contributed by atoms with Gasteiger partial charge in [0.25, 0.3) is 0 Å². The van der Waals surface area contributed by atoms with Crippen molar-refractivity contribution in [3.05, 3.63) is 0 Å². The Kier molecular flexibility index (Phi) is 19.2. The molecule has 2 heterocycles. The van der Waals surface area contributed by atoms with Crippen LogP contribution in [0.5, 0.6) is 0 Å². The summed E-state index contributed by atoms with van der Waals surface area (Å²) in [6.45, 7) is 0.605. The van der Waals surface area contributed by atoms with E-state index >= 15 is 0 Å². The van der Waals surface area contributed by atoms with E-state index in [0.29, 0.717) is 13.1 Å². The van der Waals surface area contributed by atoms with Gasteiger partial charge in [0.05, 0.1) is 49.7 Å². The average molecular weight is 845 g/mol. The highest BCUT2D eigenvalue weighted by Gasteiger charge is 2.50. The zero-order valence-electron chi connectivity index (χ0n) is 33.3. The molecule has 0 bridgehead atoms. The first kappa shape index (κ1) is 49.7. The largest absolute Gasteiger partial charge is 0.389 e. The number of ether oxygens (including phenoxy) is 6. The van der Waals surface area contributed by atoms with E-state index in [1.165, 1.54) is 0 Å². The number of hydrogen-bond acceptors (Lipinski definition) is 24. The van der Waals surface area contributed by atoms with Gasteiger partial charge in [-0.05, 0) is 26.9 Å². The summed E-state index contributed by atoms with van der Waals surface area (Å²) < 4.78 is 35.4. The lowest BCUT2D eigenvalue weighted by atomic mass is 9.84. The fourth-order valence-electron chi connectivity index (χ4n) is 7.93. The van der Waals surface area contributed by atoms with Crippen LogP contribution in [0.3, 0.4) is 0 Å². The molecule has 22 atom stereocenters. The molecular weight excluding hydrogens is 772 g/mol. The topological polar surface area (TPSA) is 432 Å². The molecule has 0 radical (unpaired) electrons. The lowest BCUT2D eigenvalue weighted by Crippen LogP contribution is -2.68. The zero-order valence-corrected chi connectivity index (χ0v) is 33.3. The summed E-state index contributed by atoms with van der Waals surface area (Å²) in [7, 11) is 3.57. The molecule has 0 aromatic rings. The van der Waals surface area contributed by atoms with E-state index in [0.717, 1.165) is 0 Å². The minimum atomic E-state index is -1.39. The van der Waals surface area contributed by atoms with Gasteiger partial charge < -0.3 is 125 Å². The van der Waals surface area contributed by atoms with Gasteiger partial charge in [0.15, 0.2) is 12.6 Å². The van der Waals surface area contributed by atoms with Crippen molar-refractivity contribution in [2.45, 2.75) is 147 Å². The molecule has 342 valence electrons. The summed E-state index contributed by atoms with van der Waals surface area (Å²) in [5.74, 6) is 0. The van der Waals surface area contributed by atoms with Crippen LogP contribution in [0.15, 0.2) is 0 Å². The second kappa shape index (κ2) is 22.4. The summed E-state index contributed by atoms with van der Waals surface area (Å²) >= 11 is 0. The lowest BCUT2D eigenvalue weighted by molar-refractivity contribution is -0.292. The second-order valence-electron chi connectivity index (χ2n) is 16.4. The van der Waals surface area contributed by atoms with Gasteiger partial charge in [0, 0.05) is 63.4 Å². The van der Waals surface area contributed by atoms with Gasteiger partial charge in [-0.3, -0.25) is 0 Å². The van der Waals surface area contributed by atoms with E-state index < -0.39 is 134 Å². The molecule has 4 aliphatic rings. The fraction of sp³-hybridized carbons (Fsp3) is 1.00. The Morgan fingerprint density at radius 3 is 1.21 bits per heavy atom. The molecule has 2 aliphatic heterocycles. The average Bonchev–Trinajstić information content (AvgIpc) is 3.17. The van der Waals surface area contributed by atoms with E-state index in [9.17, 15) is 40.9 Å². The third-order valence-electron chi connectivity index (χ3n) is 11.5. The Morgan fingerprint density at radius 1 is 0.534 bits per heavy atom. The van der Waals surface area contributed by atoms with Crippen LogP contribution in [0.1, 0.15) is 12.8 Å². The van der Waals surface area contributed by atoms with Crippen molar-refractivity contribution in [2.24, 2.45) is 45.9 Å². The Bertz CT molecular complexity index is 1130. The smallest absolute Gasteiger partial charge is 0.176 e. The van der Waals surface area contributed by atoms with Gasteiger partial charge in [-0.1, -0.05) is 0 Å². The van der Waals surface area contributed by atoms with Crippen LogP contribution in [0.2, 0.25) is 0 Å². The van der Waals surface area contributed by atoms with Crippen molar-refractivity contribution < 1.29 is 69.3 Å². The molecule has 2 aliphatic carbocycles. The highest BCUT2D eigenvalue weighted by Crippen LogP contribution is 2.30. The minimum Gasteiger partial charge on any atom is -0.389 e. The summed E-state index contributed by atoms with van der Waals surface area (Å²) in [5.41, 5.74) is 48.5. The van der Waals surface area contributed by atoms with Crippen molar-refractivity contribution in [2.75, 3.05) is 66.6 Å². The number of aliphatic hydroxyl groups excluding tert-OH is 8. The maximum absolute atomic E-state index is 10.9. The first-order valence-corrected chi connectivity index (χ1v) is 19.9. The third-order valence-corrected chi connectivity index (χ3v) is 11.5. The Balaban J connectivity index is 1.23. The van der Waals surface area contributed by atoms with Crippen LogP contribution in [0.25, 0.3) is 0 Å². The molecule has 2 saturated carbocycles. The second-order valence-corrected chi connectivity index (χ2v) is 16.4. The Labute approximate surface area is 338 Å². The molecule has 0 aromatic carbocycles. The normalized spacial score (nSPS) is 45.1. The van der Waals surface area contributed by atoms with Gasteiger partial charge in [-0.25, -0.2) is 0 Å². The van der Waals surface area contributed by atoms with E-state index in [1.54, 1.807) is 14.1 Å². The van der Waals surface area contributed by atoms with Crippen LogP contribution in [-0.4, -0.2) is 252 Å². The highest BCUT2D eigenvalue weighted by atomic mass is 16.7. The molecule has 0 amide bonds. The molecular formula is C34H72N10O14. The third kappa shape index (κ3) is 12.4. The van der Waals surface area contributed by atoms with Crippen molar-refractivity contribution in [3.63, 3.8) is 0 Å². The van der Waals surface area contributed by atoms with Crippen LogP contribution in [0, 0.1) is 0 Å². The number of rotatable bonds is 19. The summed E-state index contributed by atoms with van der Waals surface area (Å²) in [4.78, 5) is 3.69. The monoisotopic (exact) mass is 845 g/mol. The zero-order chi connectivity index (χ0) is 43.2. The molecule has 24 nitrogen and oxygen atoms in total. The molecule has 24 heteroatoms. The van der Waals surface area contributed by atoms with Crippen LogP contribution >= 0.6 is 0 Å². The standard InChI is InChI=1S/C34H72N10O14/c1-43(9-13(45)11-53-31-23(47)15(37)5-17(39)29(31)57-33-21(41)27(51)25(49)19(7-35)55-33)3-4-44(2)10-14(46)12-54-32-24(48)16(38)6-18(40)30(32)58-34-22(42)28(52)26(50)20(8-36)56-34/h13-34,45-52H,3-12,35-42H2,1-2H3/t13-,14-,15-,16+,17+,18-,19-,20+,21-,22+,23+,24-,25-,26+,27-,28+,29-,30+,31?,32?,33-,34+/m0/s1. The van der Waals surface area contributed by atoms with Gasteiger partial charge in [0.1, 0.15) is 61.0 Å². The quantitative estimate of drug-likeness (QED) is 0.0574. The van der Waals surface area contributed by atoms with Gasteiger partial charge in [-0.2, -0.15) is 0 Å². The summed E-state index contributed by atoms with van der Waals surface area (Å²) in [5, 5.41) is 84.9. The molecule has 2 unspecified atom stereocenters. The number of nitrogens with two attached hydrogens (primary N) is 8. The first-order valence-electron chi connectivity index (χ1n) is 19.9. The molecule has 58 heavy (non-hydrogen) atoms. The highest BCUT2D eigenvalue weighted by molar-refractivity contribution is 5.02. The summed E-state index contributed by atoms with van der Waals surface area (Å²) in [6.07, 6.45) is -18.1. The Morgan fingerprint density at radius 2 is 0.879 bits per heavy atom. The minimum absolute atomic E-state index is 0.113. The number of aliphatic hydroxyl groups is 8. The number of nitrogens with zero attached hydrogens (tertiary/aromatic N) is 2. The fourth-order valence-corrected chi connectivity index (χ4v) is 7.93. The van der Waals surface area contributed by atoms with Crippen molar-refractivity contribution >= 4 is 0 Å². The Hall–Kier alpha value is -0.960. The molecule has 4 fully saturated rings. The summed E-state index contributed by atoms with van der Waals surface area (Å²) in [6, 6.07) is -5.25. The van der Waals surface area contributed by atoms with Crippen molar-refractivity contribution in [1.29, 1.82) is 0 Å². The lowest BCUT2D eigenvalue weighted by Gasteiger charge is -2.47. The number of likely N-dealkylation sites (N-methyl/N-ethyl adjacent to an activating group) is 2. The van der Waals surface area contributed by atoms with Crippen LogP contribution in [0.4, 0.5) is 0 Å². The number of hydrogen-bond donors (Lipinski definition) is 16. The van der Waals surface area contributed by atoms with Gasteiger partial charge >= 0.3 is 0 Å². The van der Waals surface area contributed by atoms with Gasteiger partial charge in [-0.15, -0.1) is 0 Å². The van der Waals surface area contributed by atoms with E-state index in [-0.39, 0.29) is 52.2 Å². The molecule has 4 rings (SSSR count). The van der Waals surface area contributed by atoms with E-state index in [4.69, 9.17) is 74.3 Å². The molecule has 0 aromatic heterocycles. The molecule has 0 spiro atoms.